The molecule has 1 fully saturated rings. The van der Waals surface area contributed by atoms with E-state index in [1.54, 1.807) is 11.3 Å². The van der Waals surface area contributed by atoms with Gasteiger partial charge in [0.1, 0.15) is 10.0 Å². The first-order valence-corrected chi connectivity index (χ1v) is 9.62. The lowest BCUT2D eigenvalue weighted by Crippen LogP contribution is -2.30. The van der Waals surface area contributed by atoms with Crippen LogP contribution in [0.3, 0.4) is 0 Å². The first-order chi connectivity index (χ1) is 11.3. The van der Waals surface area contributed by atoms with Crippen molar-refractivity contribution in [3.8, 4) is 10.6 Å². The molecule has 1 aliphatic rings. The Morgan fingerprint density at radius 3 is 2.57 bits per heavy atom. The predicted molar refractivity (Wildman–Crippen MR) is 100 cm³/mol. The van der Waals surface area contributed by atoms with E-state index >= 15 is 0 Å². The van der Waals surface area contributed by atoms with Crippen LogP contribution in [0.4, 0.5) is 5.00 Å². The second-order valence-electron chi connectivity index (χ2n) is 6.34. The van der Waals surface area contributed by atoms with E-state index in [1.165, 1.54) is 69.3 Å². The highest BCUT2D eigenvalue weighted by Gasteiger charge is 2.09. The minimum absolute atomic E-state index is 1.09. The van der Waals surface area contributed by atoms with Crippen molar-refractivity contribution >= 4 is 16.3 Å². The lowest BCUT2D eigenvalue weighted by molar-refractivity contribution is 0.225. The third kappa shape index (κ3) is 4.79. The van der Waals surface area contributed by atoms with Crippen molar-refractivity contribution in [3.05, 3.63) is 36.0 Å². The zero-order valence-corrected chi connectivity index (χ0v) is 14.9. The Balaban J connectivity index is 1.44. The van der Waals surface area contributed by atoms with Crippen LogP contribution in [-0.4, -0.2) is 36.6 Å². The molecule has 0 spiro atoms. The Kier molecular flexibility index (Phi) is 6.06. The highest BCUT2D eigenvalue weighted by atomic mass is 32.1. The van der Waals surface area contributed by atoms with Crippen LogP contribution in [0.2, 0.25) is 0 Å². The van der Waals surface area contributed by atoms with Gasteiger partial charge in [0.15, 0.2) is 0 Å². The first kappa shape index (κ1) is 16.5. The number of anilines is 1. The summed E-state index contributed by atoms with van der Waals surface area (Å²) in [5.74, 6) is 0. The van der Waals surface area contributed by atoms with Gasteiger partial charge >= 0.3 is 0 Å². The fourth-order valence-corrected chi connectivity index (χ4v) is 3.96. The van der Waals surface area contributed by atoms with E-state index in [0.717, 1.165) is 10.0 Å². The molecule has 0 aliphatic carbocycles. The SMILES string of the molecule is CNc1cnc(-c2ccc(CCCCN3CCCCC3)cc2)s1. The van der Waals surface area contributed by atoms with Crippen LogP contribution in [0.25, 0.3) is 10.6 Å². The van der Waals surface area contributed by atoms with Crippen molar-refractivity contribution in [1.29, 1.82) is 0 Å². The zero-order valence-electron chi connectivity index (χ0n) is 14.1. The Bertz CT molecular complexity index is 585. The summed E-state index contributed by atoms with van der Waals surface area (Å²) in [5, 5.41) is 5.34. The van der Waals surface area contributed by atoms with Crippen molar-refractivity contribution in [3.63, 3.8) is 0 Å². The minimum atomic E-state index is 1.09. The monoisotopic (exact) mass is 329 g/mol. The fraction of sp³-hybridized carbons (Fsp3) is 0.526. The molecule has 3 nitrogen and oxygen atoms in total. The van der Waals surface area contributed by atoms with E-state index in [9.17, 15) is 0 Å². The number of piperidine rings is 1. The summed E-state index contributed by atoms with van der Waals surface area (Å²) >= 11 is 1.70. The van der Waals surface area contributed by atoms with E-state index in [0.29, 0.717) is 0 Å². The molecular weight excluding hydrogens is 302 g/mol. The normalized spacial score (nSPS) is 15.7. The fourth-order valence-electron chi connectivity index (χ4n) is 3.18. The molecule has 4 heteroatoms. The number of nitrogens with zero attached hydrogens (tertiary/aromatic N) is 2. The number of nitrogens with one attached hydrogen (secondary N) is 1. The highest BCUT2D eigenvalue weighted by molar-refractivity contribution is 7.18. The molecular formula is C19H27N3S. The van der Waals surface area contributed by atoms with E-state index < -0.39 is 0 Å². The number of likely N-dealkylation sites (tertiary alicyclic amines) is 1. The van der Waals surface area contributed by atoms with Crippen molar-refractivity contribution < 1.29 is 0 Å². The van der Waals surface area contributed by atoms with E-state index in [-0.39, 0.29) is 0 Å². The number of thiazole rings is 1. The summed E-state index contributed by atoms with van der Waals surface area (Å²) in [5.41, 5.74) is 2.66. The lowest BCUT2D eigenvalue weighted by Gasteiger charge is -2.26. The summed E-state index contributed by atoms with van der Waals surface area (Å²) in [6, 6.07) is 8.93. The quantitative estimate of drug-likeness (QED) is 0.749. The Hall–Kier alpha value is -1.39. The van der Waals surface area contributed by atoms with Gasteiger partial charge in [0.25, 0.3) is 0 Å². The van der Waals surface area contributed by atoms with Crippen LogP contribution in [-0.2, 0) is 6.42 Å². The molecule has 0 saturated carbocycles. The minimum Gasteiger partial charge on any atom is -0.379 e. The second kappa shape index (κ2) is 8.46. The molecule has 0 bridgehead atoms. The summed E-state index contributed by atoms with van der Waals surface area (Å²) in [4.78, 5) is 7.10. The summed E-state index contributed by atoms with van der Waals surface area (Å²) in [6.07, 6.45) is 9.91. The van der Waals surface area contributed by atoms with Crippen LogP contribution >= 0.6 is 11.3 Å². The lowest BCUT2D eigenvalue weighted by atomic mass is 10.1. The molecule has 124 valence electrons. The number of rotatable bonds is 7. The van der Waals surface area contributed by atoms with Gasteiger partial charge in [-0.25, -0.2) is 4.98 Å². The molecule has 2 heterocycles. The molecule has 2 aromatic rings. The summed E-state index contributed by atoms with van der Waals surface area (Å²) in [6.45, 7) is 3.91. The van der Waals surface area contributed by atoms with Gasteiger partial charge in [-0.1, -0.05) is 42.0 Å². The summed E-state index contributed by atoms with van der Waals surface area (Å²) < 4.78 is 0. The largest absolute Gasteiger partial charge is 0.379 e. The van der Waals surface area contributed by atoms with Gasteiger partial charge in [0.05, 0.1) is 6.20 Å². The predicted octanol–water partition coefficient (Wildman–Crippen LogP) is 4.66. The van der Waals surface area contributed by atoms with Gasteiger partial charge in [0.2, 0.25) is 0 Å². The summed E-state index contributed by atoms with van der Waals surface area (Å²) in [7, 11) is 1.93. The van der Waals surface area contributed by atoms with Crippen LogP contribution in [0.15, 0.2) is 30.5 Å². The van der Waals surface area contributed by atoms with Crippen molar-refractivity contribution in [2.24, 2.45) is 0 Å². The highest BCUT2D eigenvalue weighted by Crippen LogP contribution is 2.28. The van der Waals surface area contributed by atoms with Crippen molar-refractivity contribution in [2.45, 2.75) is 38.5 Å². The topological polar surface area (TPSA) is 28.2 Å². The molecule has 1 aromatic heterocycles. The zero-order chi connectivity index (χ0) is 15.9. The maximum Gasteiger partial charge on any atom is 0.125 e. The average molecular weight is 330 g/mol. The van der Waals surface area contributed by atoms with Gasteiger partial charge in [-0.3, -0.25) is 0 Å². The van der Waals surface area contributed by atoms with Crippen LogP contribution in [0, 0.1) is 0 Å². The number of hydrogen-bond donors (Lipinski definition) is 1. The van der Waals surface area contributed by atoms with E-state index in [4.69, 9.17) is 0 Å². The Morgan fingerprint density at radius 2 is 1.87 bits per heavy atom. The maximum atomic E-state index is 4.46. The molecule has 0 amide bonds. The Morgan fingerprint density at radius 1 is 1.09 bits per heavy atom. The first-order valence-electron chi connectivity index (χ1n) is 8.80. The molecule has 1 aromatic carbocycles. The molecule has 1 N–H and O–H groups in total. The van der Waals surface area contributed by atoms with E-state index in [1.807, 2.05) is 13.2 Å². The number of aryl methyl sites for hydroxylation is 1. The van der Waals surface area contributed by atoms with E-state index in [2.05, 4.69) is 39.5 Å². The number of aromatic nitrogens is 1. The molecule has 0 radical (unpaired) electrons. The van der Waals surface area contributed by atoms with Crippen LogP contribution in [0.5, 0.6) is 0 Å². The van der Waals surface area contributed by atoms with Gasteiger partial charge in [0, 0.05) is 12.6 Å². The molecule has 3 rings (SSSR count). The standard InChI is InChI=1S/C19H27N3S/c1-20-18-15-21-19(23-18)17-10-8-16(9-11-17)7-3-6-14-22-12-4-2-5-13-22/h8-11,15,20H,2-7,12-14H2,1H3. The number of unbranched alkanes of at least 4 members (excludes halogenated alkanes) is 1. The smallest absolute Gasteiger partial charge is 0.125 e. The van der Waals surface area contributed by atoms with Gasteiger partial charge < -0.3 is 10.2 Å². The van der Waals surface area contributed by atoms with Crippen LogP contribution < -0.4 is 5.32 Å². The third-order valence-corrected chi connectivity index (χ3v) is 5.66. The third-order valence-electron chi connectivity index (χ3n) is 4.59. The molecule has 0 atom stereocenters. The van der Waals surface area contributed by atoms with Crippen LogP contribution in [0.1, 0.15) is 37.7 Å². The van der Waals surface area contributed by atoms with Gasteiger partial charge in [-0.15, -0.1) is 0 Å². The second-order valence-corrected chi connectivity index (χ2v) is 7.37. The number of benzene rings is 1. The molecule has 1 saturated heterocycles. The van der Waals surface area contributed by atoms with Gasteiger partial charge in [-0.05, 0) is 57.3 Å². The molecule has 0 unspecified atom stereocenters. The maximum absolute atomic E-state index is 4.46. The van der Waals surface area contributed by atoms with Gasteiger partial charge in [-0.2, -0.15) is 0 Å². The molecule has 1 aliphatic heterocycles. The van der Waals surface area contributed by atoms with Crippen molar-refractivity contribution in [2.75, 3.05) is 32.0 Å². The Labute approximate surface area is 143 Å². The molecule has 23 heavy (non-hydrogen) atoms. The average Bonchev–Trinajstić information content (AvgIpc) is 3.09. The van der Waals surface area contributed by atoms with Crippen molar-refractivity contribution in [1.82, 2.24) is 9.88 Å². The number of hydrogen-bond acceptors (Lipinski definition) is 4.